The average Bonchev–Trinajstić information content (AvgIpc) is 3.00. The molecular formula is C18H17ClF3N5S2. The van der Waals surface area contributed by atoms with Gasteiger partial charge in [-0.25, -0.2) is 15.0 Å². The fourth-order valence-corrected chi connectivity index (χ4v) is 6.97. The minimum absolute atomic E-state index is 0.181. The van der Waals surface area contributed by atoms with Gasteiger partial charge in [-0.2, -0.15) is 13.2 Å². The van der Waals surface area contributed by atoms with Crippen molar-refractivity contribution in [1.82, 2.24) is 15.0 Å². The Bertz CT molecular complexity index is 994. The molecule has 0 radical (unpaired) electrons. The first-order chi connectivity index (χ1) is 13.7. The van der Waals surface area contributed by atoms with Crippen molar-refractivity contribution in [2.45, 2.75) is 28.9 Å². The lowest BCUT2D eigenvalue weighted by atomic mass is 10.1. The largest absolute Gasteiger partial charge is 0.433 e. The van der Waals surface area contributed by atoms with Crippen molar-refractivity contribution >= 4 is 46.6 Å². The zero-order chi connectivity index (χ0) is 20.4. The lowest BCUT2D eigenvalue weighted by Crippen LogP contribution is -2.37. The highest BCUT2D eigenvalue weighted by molar-refractivity contribution is 8.01. The first kappa shape index (κ1) is 19.6. The van der Waals surface area contributed by atoms with Gasteiger partial charge >= 0.3 is 6.18 Å². The molecule has 5 nitrogen and oxygen atoms in total. The molecule has 2 aliphatic carbocycles. The van der Waals surface area contributed by atoms with E-state index in [2.05, 4.69) is 27.1 Å². The molecule has 1 saturated carbocycles. The van der Waals surface area contributed by atoms with E-state index in [1.54, 1.807) is 28.0 Å². The van der Waals surface area contributed by atoms with Crippen LogP contribution in [-0.2, 0) is 12.6 Å². The summed E-state index contributed by atoms with van der Waals surface area (Å²) in [5, 5.41) is -0.407. The van der Waals surface area contributed by atoms with Gasteiger partial charge in [0.1, 0.15) is 5.82 Å². The van der Waals surface area contributed by atoms with Crippen LogP contribution in [0, 0.1) is 11.8 Å². The van der Waals surface area contributed by atoms with Crippen LogP contribution in [0.25, 0.3) is 6.08 Å². The first-order valence-electron chi connectivity index (χ1n) is 9.19. The predicted octanol–water partition coefficient (Wildman–Crippen LogP) is 4.12. The maximum atomic E-state index is 13.0. The summed E-state index contributed by atoms with van der Waals surface area (Å²) in [4.78, 5) is 15.1. The Morgan fingerprint density at radius 1 is 1.34 bits per heavy atom. The van der Waals surface area contributed by atoms with E-state index in [0.29, 0.717) is 19.0 Å². The highest BCUT2D eigenvalue weighted by atomic mass is 35.5. The maximum Gasteiger partial charge on any atom is 0.433 e. The highest BCUT2D eigenvalue weighted by Gasteiger charge is 2.66. The van der Waals surface area contributed by atoms with E-state index in [0.717, 1.165) is 34.7 Å². The summed E-state index contributed by atoms with van der Waals surface area (Å²) in [5.74, 6) is 1.59. The zero-order valence-corrected chi connectivity index (χ0v) is 17.5. The molecule has 11 heteroatoms. The molecule has 3 aliphatic rings. The summed E-state index contributed by atoms with van der Waals surface area (Å²) in [7, 11) is 0. The van der Waals surface area contributed by atoms with Gasteiger partial charge in [-0.3, -0.25) is 0 Å². The topological polar surface area (TPSA) is 67.9 Å². The Morgan fingerprint density at radius 3 is 2.86 bits per heavy atom. The Kier molecular flexibility index (Phi) is 4.61. The number of piperidine rings is 1. The minimum Gasteiger partial charge on any atom is -0.354 e. The molecule has 0 spiro atoms. The molecule has 3 atom stereocenters. The van der Waals surface area contributed by atoms with Gasteiger partial charge in [-0.15, -0.1) is 11.3 Å². The van der Waals surface area contributed by atoms with E-state index in [9.17, 15) is 13.2 Å². The maximum absolute atomic E-state index is 13.0. The number of rotatable bonds is 4. The predicted molar refractivity (Wildman–Crippen MR) is 108 cm³/mol. The Morgan fingerprint density at radius 2 is 2.17 bits per heavy atom. The lowest BCUT2D eigenvalue weighted by Gasteiger charge is -2.23. The molecule has 0 amide bonds. The summed E-state index contributed by atoms with van der Waals surface area (Å²) in [6.45, 7) is 1.04. The number of nitrogens with zero attached hydrogens (tertiary/aromatic N) is 4. The Hall–Kier alpha value is -1.36. The molecule has 2 N–H and O–H groups in total. The third kappa shape index (κ3) is 3.54. The van der Waals surface area contributed by atoms with Crippen molar-refractivity contribution in [2.24, 2.45) is 17.6 Å². The third-order valence-corrected chi connectivity index (χ3v) is 8.41. The summed E-state index contributed by atoms with van der Waals surface area (Å²) in [5.41, 5.74) is 6.21. The molecule has 0 bridgehead atoms. The molecule has 2 fully saturated rings. The van der Waals surface area contributed by atoms with E-state index in [4.69, 9.17) is 17.3 Å². The van der Waals surface area contributed by atoms with Gasteiger partial charge in [0.05, 0.1) is 5.69 Å². The normalized spacial score (nSPS) is 27.8. The van der Waals surface area contributed by atoms with Crippen LogP contribution in [0.1, 0.15) is 22.7 Å². The number of alkyl halides is 3. The van der Waals surface area contributed by atoms with Crippen molar-refractivity contribution in [3.8, 4) is 0 Å². The van der Waals surface area contributed by atoms with Crippen LogP contribution in [0.2, 0.25) is 5.28 Å². The highest BCUT2D eigenvalue weighted by Crippen LogP contribution is 2.56. The second-order valence-electron chi connectivity index (χ2n) is 7.62. The molecule has 1 saturated heterocycles. The SMILES string of the molecule is NC12CN(c3cc(C(F)(F)F)nc(Cl)n3)CC1C2CSc1nc2c(s1)CCC=C2. The van der Waals surface area contributed by atoms with Crippen molar-refractivity contribution < 1.29 is 13.2 Å². The molecular weight excluding hydrogens is 443 g/mol. The fraction of sp³-hybridized carbons (Fsp3) is 0.500. The van der Waals surface area contributed by atoms with Crippen LogP contribution >= 0.6 is 34.7 Å². The standard InChI is InChI=1S/C18H17ClF3N5S2/c19-15-25-13(18(20,21)22)5-14(26-15)27-6-9-10(17(9,23)8-27)7-28-16-24-11-3-1-2-4-12(11)29-16/h1,3,5,9-10H,2,4,6-8,23H2. The van der Waals surface area contributed by atoms with Crippen LogP contribution in [-0.4, -0.2) is 39.3 Å². The van der Waals surface area contributed by atoms with E-state index in [1.807, 2.05) is 0 Å². The number of aryl methyl sites for hydroxylation is 1. The van der Waals surface area contributed by atoms with Gasteiger partial charge in [0.25, 0.3) is 0 Å². The molecule has 29 heavy (non-hydrogen) atoms. The van der Waals surface area contributed by atoms with Gasteiger partial charge in [-0.05, 0) is 36.4 Å². The van der Waals surface area contributed by atoms with E-state index in [-0.39, 0.29) is 11.7 Å². The summed E-state index contributed by atoms with van der Waals surface area (Å²) >= 11 is 9.18. The minimum atomic E-state index is -4.56. The number of fused-ring (bicyclic) bond motifs is 2. The number of aromatic nitrogens is 3. The second kappa shape index (κ2) is 6.83. The molecule has 154 valence electrons. The number of hydrogen-bond donors (Lipinski definition) is 1. The van der Waals surface area contributed by atoms with E-state index in [1.165, 1.54) is 4.88 Å². The van der Waals surface area contributed by atoms with Gasteiger partial charge in [-0.1, -0.05) is 17.8 Å². The van der Waals surface area contributed by atoms with Gasteiger partial charge in [0, 0.05) is 41.2 Å². The Balaban J connectivity index is 1.23. The molecule has 3 heterocycles. The monoisotopic (exact) mass is 459 g/mol. The molecule has 3 unspecified atom stereocenters. The van der Waals surface area contributed by atoms with Crippen LogP contribution < -0.4 is 10.6 Å². The van der Waals surface area contributed by atoms with E-state index < -0.39 is 22.7 Å². The number of halogens is 4. The van der Waals surface area contributed by atoms with Crippen molar-refractivity contribution in [2.75, 3.05) is 23.7 Å². The molecule has 2 aromatic rings. The second-order valence-corrected chi connectivity index (χ2v) is 10.3. The van der Waals surface area contributed by atoms with Gasteiger partial charge in [0.2, 0.25) is 5.28 Å². The van der Waals surface area contributed by atoms with Crippen LogP contribution in [0.5, 0.6) is 0 Å². The van der Waals surface area contributed by atoms with Crippen molar-refractivity contribution in [3.63, 3.8) is 0 Å². The summed E-state index contributed by atoms with van der Waals surface area (Å²) in [6, 6.07) is 0.942. The quantitative estimate of drug-likeness (QED) is 0.548. The van der Waals surface area contributed by atoms with Crippen LogP contribution in [0.15, 0.2) is 16.5 Å². The van der Waals surface area contributed by atoms with Gasteiger partial charge in [0.15, 0.2) is 10.0 Å². The number of thiazole rings is 1. The number of hydrogen-bond acceptors (Lipinski definition) is 7. The number of anilines is 1. The van der Waals surface area contributed by atoms with Gasteiger partial charge < -0.3 is 10.6 Å². The van der Waals surface area contributed by atoms with Crippen molar-refractivity contribution in [3.05, 3.63) is 33.7 Å². The summed E-state index contributed by atoms with van der Waals surface area (Å²) in [6.07, 6.45) is 1.78. The summed E-state index contributed by atoms with van der Waals surface area (Å²) < 4.78 is 40.1. The fourth-order valence-electron chi connectivity index (χ4n) is 4.23. The third-order valence-electron chi connectivity index (χ3n) is 5.85. The van der Waals surface area contributed by atoms with Crippen LogP contribution in [0.4, 0.5) is 19.0 Å². The lowest BCUT2D eigenvalue weighted by molar-refractivity contribution is -0.141. The van der Waals surface area contributed by atoms with Crippen LogP contribution in [0.3, 0.4) is 0 Å². The number of thioether (sulfide) groups is 1. The average molecular weight is 460 g/mol. The molecule has 1 aliphatic heterocycles. The van der Waals surface area contributed by atoms with E-state index >= 15 is 0 Å². The Labute approximate surface area is 178 Å². The molecule has 2 aromatic heterocycles. The smallest absolute Gasteiger partial charge is 0.354 e. The molecule has 5 rings (SSSR count). The number of nitrogens with two attached hydrogens (primary N) is 1. The first-order valence-corrected chi connectivity index (χ1v) is 11.4. The number of allylic oxidation sites excluding steroid dienone is 1. The zero-order valence-electron chi connectivity index (χ0n) is 15.1. The van der Waals surface area contributed by atoms with Crippen molar-refractivity contribution in [1.29, 1.82) is 0 Å². The molecule has 0 aromatic carbocycles.